The summed E-state index contributed by atoms with van der Waals surface area (Å²) in [7, 11) is 0. The van der Waals surface area contributed by atoms with Gasteiger partial charge in [-0.2, -0.15) is 0 Å². The number of hydrogen-bond donors (Lipinski definition) is 3. The van der Waals surface area contributed by atoms with Crippen LogP contribution < -0.4 is 11.5 Å². The van der Waals surface area contributed by atoms with Gasteiger partial charge in [-0.05, 0) is 25.1 Å². The lowest BCUT2D eigenvalue weighted by molar-refractivity contribution is 0.0971. The van der Waals surface area contributed by atoms with Crippen LogP contribution in [0.1, 0.15) is 23.2 Å². The topological polar surface area (TPSA) is 89.3 Å². The van der Waals surface area contributed by atoms with Crippen LogP contribution in [0.3, 0.4) is 0 Å². The third-order valence-corrected chi connectivity index (χ3v) is 2.19. The normalized spacial score (nSPS) is 12.4. The molecule has 0 aromatic heterocycles. The van der Waals surface area contributed by atoms with E-state index in [1.807, 2.05) is 0 Å². The van der Waals surface area contributed by atoms with E-state index in [9.17, 15) is 9.90 Å². The second-order valence-electron chi connectivity index (χ2n) is 3.48. The molecule has 0 saturated carbocycles. The zero-order valence-corrected chi connectivity index (χ0v) is 8.52. The summed E-state index contributed by atoms with van der Waals surface area (Å²) in [6.45, 7) is 0.467. The lowest BCUT2D eigenvalue weighted by Gasteiger charge is -2.09. The van der Waals surface area contributed by atoms with Crippen molar-refractivity contribution < 1.29 is 9.90 Å². The van der Waals surface area contributed by atoms with Gasteiger partial charge in [0.25, 0.3) is 0 Å². The fraction of sp³-hybridized carbons (Fsp3) is 0.364. The van der Waals surface area contributed by atoms with E-state index < -0.39 is 0 Å². The molecule has 4 nitrogen and oxygen atoms in total. The number of aromatic hydroxyl groups is 1. The largest absolute Gasteiger partial charge is 0.507 e. The number of para-hydroxylation sites is 1. The average molecular weight is 208 g/mol. The maximum absolute atomic E-state index is 11.7. The van der Waals surface area contributed by atoms with E-state index in [-0.39, 0.29) is 24.0 Å². The van der Waals surface area contributed by atoms with Crippen LogP contribution >= 0.6 is 0 Å². The number of carbonyl (C=O) groups is 1. The van der Waals surface area contributed by atoms with Gasteiger partial charge in [-0.3, -0.25) is 4.79 Å². The number of rotatable bonds is 5. The molecule has 82 valence electrons. The maximum Gasteiger partial charge on any atom is 0.168 e. The Balaban J connectivity index is 2.65. The molecule has 0 heterocycles. The van der Waals surface area contributed by atoms with Gasteiger partial charge in [0.15, 0.2) is 5.78 Å². The molecular weight excluding hydrogens is 192 g/mol. The van der Waals surface area contributed by atoms with Crippen molar-refractivity contribution in [3.63, 3.8) is 0 Å². The minimum atomic E-state index is -0.234. The van der Waals surface area contributed by atoms with E-state index in [4.69, 9.17) is 11.5 Å². The first kappa shape index (κ1) is 11.7. The van der Waals surface area contributed by atoms with Crippen molar-refractivity contribution in [2.45, 2.75) is 18.9 Å². The Bertz CT molecular complexity index is 339. The zero-order chi connectivity index (χ0) is 11.3. The fourth-order valence-corrected chi connectivity index (χ4v) is 1.37. The number of benzene rings is 1. The fourth-order valence-electron chi connectivity index (χ4n) is 1.37. The minimum absolute atomic E-state index is 0.00227. The molecule has 5 N–H and O–H groups in total. The molecule has 15 heavy (non-hydrogen) atoms. The molecule has 0 aliphatic carbocycles. The highest BCUT2D eigenvalue weighted by Crippen LogP contribution is 2.18. The Labute approximate surface area is 88.9 Å². The van der Waals surface area contributed by atoms with Gasteiger partial charge in [0.2, 0.25) is 0 Å². The molecule has 1 aromatic carbocycles. The van der Waals surface area contributed by atoms with Crippen molar-refractivity contribution in [3.8, 4) is 5.75 Å². The Morgan fingerprint density at radius 3 is 2.67 bits per heavy atom. The Morgan fingerprint density at radius 2 is 2.07 bits per heavy atom. The van der Waals surface area contributed by atoms with Gasteiger partial charge in [-0.25, -0.2) is 0 Å². The van der Waals surface area contributed by atoms with Crippen molar-refractivity contribution in [2.24, 2.45) is 11.5 Å². The van der Waals surface area contributed by atoms with Crippen LogP contribution in [-0.2, 0) is 0 Å². The van der Waals surface area contributed by atoms with Gasteiger partial charge in [-0.15, -0.1) is 0 Å². The molecule has 0 radical (unpaired) electrons. The van der Waals surface area contributed by atoms with Crippen molar-refractivity contribution in [1.82, 2.24) is 0 Å². The molecule has 4 heteroatoms. The molecule has 1 aromatic rings. The van der Waals surface area contributed by atoms with Crippen molar-refractivity contribution in [1.29, 1.82) is 0 Å². The van der Waals surface area contributed by atoms with E-state index in [2.05, 4.69) is 0 Å². The predicted octanol–water partition coefficient (Wildman–Crippen LogP) is 0.641. The number of Topliss-reactive ketones (excluding diaryl/α,β-unsaturated/α-hetero) is 1. The van der Waals surface area contributed by atoms with Crippen LogP contribution in [0.4, 0.5) is 0 Å². The van der Waals surface area contributed by atoms with Crippen molar-refractivity contribution in [3.05, 3.63) is 29.8 Å². The maximum atomic E-state index is 11.7. The summed E-state index contributed by atoms with van der Waals surface area (Å²) in [5.74, 6) is -0.142. The second-order valence-corrected chi connectivity index (χ2v) is 3.48. The van der Waals surface area contributed by atoms with Crippen LogP contribution in [0.15, 0.2) is 24.3 Å². The number of phenolic OH excluding ortho intramolecular Hbond substituents is 1. The van der Waals surface area contributed by atoms with Gasteiger partial charge < -0.3 is 16.6 Å². The zero-order valence-electron chi connectivity index (χ0n) is 8.52. The standard InChI is InChI=1S/C11H16N2O2/c12-6-5-8(13)7-11(15)9-3-1-2-4-10(9)14/h1-4,8,14H,5-7,12-13H2. The number of phenols is 1. The summed E-state index contributed by atoms with van der Waals surface area (Å²) in [5, 5.41) is 9.44. The van der Waals surface area contributed by atoms with E-state index in [0.717, 1.165) is 0 Å². The summed E-state index contributed by atoms with van der Waals surface area (Å²) in [6.07, 6.45) is 0.827. The molecule has 0 aliphatic heterocycles. The average Bonchev–Trinajstić information content (AvgIpc) is 2.18. The molecule has 1 atom stereocenters. The third-order valence-electron chi connectivity index (χ3n) is 2.19. The van der Waals surface area contributed by atoms with Gasteiger partial charge in [0.1, 0.15) is 5.75 Å². The summed E-state index contributed by atoms with van der Waals surface area (Å²) < 4.78 is 0. The van der Waals surface area contributed by atoms with Crippen LogP contribution in [0.25, 0.3) is 0 Å². The lowest BCUT2D eigenvalue weighted by Crippen LogP contribution is -2.26. The Kier molecular flexibility index (Phi) is 4.27. The quantitative estimate of drug-likeness (QED) is 0.619. The predicted molar refractivity (Wildman–Crippen MR) is 58.7 cm³/mol. The molecule has 1 unspecified atom stereocenters. The SMILES string of the molecule is NCCC(N)CC(=O)c1ccccc1O. The smallest absolute Gasteiger partial charge is 0.168 e. The molecule has 0 aliphatic rings. The van der Waals surface area contributed by atoms with Gasteiger partial charge in [0.05, 0.1) is 5.56 Å². The third kappa shape index (κ3) is 3.34. The Morgan fingerprint density at radius 1 is 1.40 bits per heavy atom. The van der Waals surface area contributed by atoms with Gasteiger partial charge >= 0.3 is 0 Å². The number of ketones is 1. The highest BCUT2D eigenvalue weighted by molar-refractivity contribution is 5.98. The van der Waals surface area contributed by atoms with E-state index in [0.29, 0.717) is 18.5 Å². The van der Waals surface area contributed by atoms with Gasteiger partial charge in [0, 0.05) is 12.5 Å². The first-order valence-corrected chi connectivity index (χ1v) is 4.92. The summed E-state index contributed by atoms with van der Waals surface area (Å²) in [4.78, 5) is 11.7. The highest BCUT2D eigenvalue weighted by Gasteiger charge is 2.13. The van der Waals surface area contributed by atoms with Crippen LogP contribution in [0.2, 0.25) is 0 Å². The van der Waals surface area contributed by atoms with Crippen LogP contribution in [0, 0.1) is 0 Å². The van der Waals surface area contributed by atoms with E-state index in [1.54, 1.807) is 18.2 Å². The molecule has 0 spiro atoms. The lowest BCUT2D eigenvalue weighted by atomic mass is 10.0. The van der Waals surface area contributed by atoms with Crippen molar-refractivity contribution in [2.75, 3.05) is 6.54 Å². The number of carbonyl (C=O) groups excluding carboxylic acids is 1. The van der Waals surface area contributed by atoms with Crippen LogP contribution in [-0.4, -0.2) is 23.5 Å². The summed E-state index contributed by atoms with van der Waals surface area (Å²) >= 11 is 0. The van der Waals surface area contributed by atoms with Gasteiger partial charge in [-0.1, -0.05) is 12.1 Å². The first-order chi connectivity index (χ1) is 7.15. The van der Waals surface area contributed by atoms with Crippen LogP contribution in [0.5, 0.6) is 5.75 Å². The molecular formula is C11H16N2O2. The summed E-state index contributed by atoms with van der Waals surface area (Å²) in [6, 6.07) is 6.23. The van der Waals surface area contributed by atoms with E-state index in [1.165, 1.54) is 6.07 Å². The molecule has 1 rings (SSSR count). The number of nitrogens with two attached hydrogens (primary N) is 2. The Hall–Kier alpha value is -1.39. The van der Waals surface area contributed by atoms with E-state index >= 15 is 0 Å². The monoisotopic (exact) mass is 208 g/mol. The first-order valence-electron chi connectivity index (χ1n) is 4.92. The molecule has 0 fully saturated rings. The van der Waals surface area contributed by atoms with Crippen molar-refractivity contribution >= 4 is 5.78 Å². The summed E-state index contributed by atoms with van der Waals surface area (Å²) in [5.41, 5.74) is 11.3. The minimum Gasteiger partial charge on any atom is -0.507 e. The highest BCUT2D eigenvalue weighted by atomic mass is 16.3. The second kappa shape index (κ2) is 5.48. The molecule has 0 saturated heterocycles. The molecule has 0 amide bonds. The molecule has 0 bridgehead atoms. The number of hydrogen-bond acceptors (Lipinski definition) is 4.